The SMILES string of the molecule is COCCc1nc2c(N)nc3c(c2n1CCCCNC(=O)Nc1ccccc1)CCCC3. The number of hydrogen-bond donors (Lipinski definition) is 3. The predicted molar refractivity (Wildman–Crippen MR) is 127 cm³/mol. The summed E-state index contributed by atoms with van der Waals surface area (Å²) in [6.45, 7) is 2.05. The molecule has 0 spiro atoms. The molecular weight excluding hydrogens is 404 g/mol. The van der Waals surface area contributed by atoms with Crippen molar-refractivity contribution in [2.75, 3.05) is 31.3 Å². The van der Waals surface area contributed by atoms with Gasteiger partial charge in [-0.3, -0.25) is 0 Å². The zero-order valence-corrected chi connectivity index (χ0v) is 18.7. The van der Waals surface area contributed by atoms with Crippen LogP contribution in [0, 0.1) is 0 Å². The number of aryl methyl sites for hydroxylation is 3. The molecule has 1 aromatic carbocycles. The van der Waals surface area contributed by atoms with Crippen molar-refractivity contribution in [3.63, 3.8) is 0 Å². The number of hydrogen-bond acceptors (Lipinski definition) is 5. The fraction of sp³-hybridized carbons (Fsp3) is 0.458. The Hall–Kier alpha value is -3.13. The fourth-order valence-electron chi connectivity index (χ4n) is 4.37. The second-order valence-corrected chi connectivity index (χ2v) is 8.20. The van der Waals surface area contributed by atoms with E-state index in [1.165, 1.54) is 12.0 Å². The molecule has 32 heavy (non-hydrogen) atoms. The maximum absolute atomic E-state index is 12.1. The number of unbranched alkanes of at least 4 members (excludes halogenated alkanes) is 1. The van der Waals surface area contributed by atoms with E-state index in [0.29, 0.717) is 19.0 Å². The summed E-state index contributed by atoms with van der Waals surface area (Å²) in [5.74, 6) is 1.52. The molecule has 0 saturated heterocycles. The van der Waals surface area contributed by atoms with Crippen molar-refractivity contribution in [3.05, 3.63) is 47.4 Å². The maximum Gasteiger partial charge on any atom is 0.319 e. The number of pyridine rings is 1. The van der Waals surface area contributed by atoms with Gasteiger partial charge >= 0.3 is 6.03 Å². The number of imidazole rings is 1. The van der Waals surface area contributed by atoms with Gasteiger partial charge in [0.15, 0.2) is 5.82 Å². The Kier molecular flexibility index (Phi) is 7.21. The smallest absolute Gasteiger partial charge is 0.319 e. The number of amides is 2. The van der Waals surface area contributed by atoms with Crippen LogP contribution in [0.25, 0.3) is 11.0 Å². The molecule has 4 rings (SSSR count). The molecule has 0 fully saturated rings. The third kappa shape index (κ3) is 5.02. The van der Waals surface area contributed by atoms with Crippen molar-refractivity contribution in [1.82, 2.24) is 19.9 Å². The van der Waals surface area contributed by atoms with E-state index in [9.17, 15) is 4.79 Å². The number of carbonyl (C=O) groups is 1. The lowest BCUT2D eigenvalue weighted by Crippen LogP contribution is -2.29. The number of nitrogens with two attached hydrogens (primary N) is 1. The Morgan fingerprint density at radius 2 is 1.97 bits per heavy atom. The summed E-state index contributed by atoms with van der Waals surface area (Å²) in [5, 5.41) is 5.77. The quantitative estimate of drug-likeness (QED) is 0.444. The van der Waals surface area contributed by atoms with Crippen LogP contribution in [-0.4, -0.2) is 40.8 Å². The number of carbonyl (C=O) groups excluding carboxylic acids is 1. The van der Waals surface area contributed by atoms with Crippen molar-refractivity contribution < 1.29 is 9.53 Å². The molecule has 4 N–H and O–H groups in total. The largest absolute Gasteiger partial charge is 0.384 e. The minimum atomic E-state index is -0.182. The van der Waals surface area contributed by atoms with Crippen LogP contribution in [0.2, 0.25) is 0 Å². The zero-order valence-electron chi connectivity index (χ0n) is 18.7. The lowest BCUT2D eigenvalue weighted by Gasteiger charge is -2.18. The third-order valence-electron chi connectivity index (χ3n) is 5.92. The molecule has 8 heteroatoms. The number of nitrogens with one attached hydrogen (secondary N) is 2. The van der Waals surface area contributed by atoms with Crippen LogP contribution < -0.4 is 16.4 Å². The number of urea groups is 1. The molecular formula is C24H32N6O2. The van der Waals surface area contributed by atoms with E-state index in [0.717, 1.165) is 73.3 Å². The van der Waals surface area contributed by atoms with E-state index < -0.39 is 0 Å². The molecule has 0 bridgehead atoms. The monoisotopic (exact) mass is 436 g/mol. The molecule has 0 atom stereocenters. The number of ether oxygens (including phenoxy) is 1. The molecule has 0 saturated carbocycles. The maximum atomic E-state index is 12.1. The summed E-state index contributed by atoms with van der Waals surface area (Å²) in [6.07, 6.45) is 6.86. The summed E-state index contributed by atoms with van der Waals surface area (Å²) in [4.78, 5) is 21.6. The molecule has 1 aliphatic rings. The molecule has 0 aliphatic heterocycles. The van der Waals surface area contributed by atoms with Crippen LogP contribution in [0.3, 0.4) is 0 Å². The molecule has 0 radical (unpaired) electrons. The highest BCUT2D eigenvalue weighted by Crippen LogP contribution is 2.31. The number of benzene rings is 1. The summed E-state index contributed by atoms with van der Waals surface area (Å²) in [7, 11) is 1.71. The van der Waals surface area contributed by atoms with Crippen LogP contribution in [0.15, 0.2) is 30.3 Å². The van der Waals surface area contributed by atoms with Crippen molar-refractivity contribution in [2.45, 2.75) is 51.5 Å². The predicted octanol–water partition coefficient (Wildman–Crippen LogP) is 3.68. The first kappa shape index (κ1) is 22.1. The molecule has 2 aromatic heterocycles. The van der Waals surface area contributed by atoms with Gasteiger partial charge in [-0.1, -0.05) is 18.2 Å². The van der Waals surface area contributed by atoms with Gasteiger partial charge in [-0.2, -0.15) is 0 Å². The lowest BCUT2D eigenvalue weighted by atomic mass is 9.95. The highest BCUT2D eigenvalue weighted by atomic mass is 16.5. The van der Waals surface area contributed by atoms with E-state index in [2.05, 4.69) is 20.2 Å². The van der Waals surface area contributed by atoms with Gasteiger partial charge in [0, 0.05) is 38.0 Å². The minimum absolute atomic E-state index is 0.182. The Labute approximate surface area is 188 Å². The second-order valence-electron chi connectivity index (χ2n) is 8.20. The molecule has 2 amide bonds. The highest BCUT2D eigenvalue weighted by molar-refractivity contribution is 5.89. The highest BCUT2D eigenvalue weighted by Gasteiger charge is 2.22. The van der Waals surface area contributed by atoms with Gasteiger partial charge in [-0.25, -0.2) is 14.8 Å². The standard InChI is InChI=1S/C24H32N6O2/c1-32-16-13-20-29-21-22(18-11-5-6-12-19(18)28-23(21)25)30(20)15-8-7-14-26-24(31)27-17-9-3-2-4-10-17/h2-4,9-10H,5-8,11-16H2,1H3,(H2,25,28)(H2,26,27,31). The number of nitrogens with zero attached hydrogens (tertiary/aromatic N) is 3. The number of methoxy groups -OCH3 is 1. The summed E-state index contributed by atoms with van der Waals surface area (Å²) >= 11 is 0. The van der Waals surface area contributed by atoms with Gasteiger partial charge < -0.3 is 25.7 Å². The minimum Gasteiger partial charge on any atom is -0.384 e. The Morgan fingerprint density at radius 1 is 1.16 bits per heavy atom. The number of anilines is 2. The number of rotatable bonds is 9. The fourth-order valence-corrected chi connectivity index (χ4v) is 4.37. The van der Waals surface area contributed by atoms with Gasteiger partial charge in [0.05, 0.1) is 12.1 Å². The van der Waals surface area contributed by atoms with Crippen LogP contribution in [-0.2, 0) is 30.5 Å². The molecule has 0 unspecified atom stereocenters. The van der Waals surface area contributed by atoms with E-state index in [4.69, 9.17) is 15.5 Å². The van der Waals surface area contributed by atoms with Crippen molar-refractivity contribution in [2.24, 2.45) is 0 Å². The van der Waals surface area contributed by atoms with E-state index in [1.54, 1.807) is 7.11 Å². The van der Waals surface area contributed by atoms with E-state index >= 15 is 0 Å². The normalized spacial score (nSPS) is 13.2. The van der Waals surface area contributed by atoms with Crippen molar-refractivity contribution in [3.8, 4) is 0 Å². The van der Waals surface area contributed by atoms with Crippen LogP contribution in [0.4, 0.5) is 16.3 Å². The van der Waals surface area contributed by atoms with Gasteiger partial charge in [0.1, 0.15) is 11.3 Å². The van der Waals surface area contributed by atoms with Gasteiger partial charge in [0.2, 0.25) is 0 Å². The lowest BCUT2D eigenvalue weighted by molar-refractivity contribution is 0.199. The topological polar surface area (TPSA) is 107 Å². The first-order valence-electron chi connectivity index (χ1n) is 11.4. The summed E-state index contributed by atoms with van der Waals surface area (Å²) in [5.41, 5.74) is 11.5. The van der Waals surface area contributed by atoms with Crippen LogP contribution in [0.1, 0.15) is 42.8 Å². The zero-order chi connectivity index (χ0) is 22.3. The molecule has 1 aliphatic carbocycles. The first-order chi connectivity index (χ1) is 15.7. The Bertz CT molecular complexity index is 1060. The first-order valence-corrected chi connectivity index (χ1v) is 11.4. The van der Waals surface area contributed by atoms with Crippen molar-refractivity contribution in [1.29, 1.82) is 0 Å². The van der Waals surface area contributed by atoms with Crippen LogP contribution >= 0.6 is 0 Å². The van der Waals surface area contributed by atoms with Gasteiger partial charge in [-0.15, -0.1) is 0 Å². The number of nitrogen functional groups attached to an aromatic ring is 1. The molecule has 3 aromatic rings. The molecule has 2 heterocycles. The molecule has 8 nitrogen and oxygen atoms in total. The summed E-state index contributed by atoms with van der Waals surface area (Å²) < 4.78 is 7.61. The number of fused-ring (bicyclic) bond motifs is 3. The Balaban J connectivity index is 1.42. The second kappa shape index (κ2) is 10.5. The average molecular weight is 437 g/mol. The van der Waals surface area contributed by atoms with Crippen molar-refractivity contribution >= 4 is 28.6 Å². The molecule has 170 valence electrons. The van der Waals surface area contributed by atoms with Gasteiger partial charge in [0.25, 0.3) is 0 Å². The number of para-hydroxylation sites is 1. The van der Waals surface area contributed by atoms with Gasteiger partial charge in [-0.05, 0) is 56.2 Å². The van der Waals surface area contributed by atoms with E-state index in [-0.39, 0.29) is 6.03 Å². The van der Waals surface area contributed by atoms with E-state index in [1.807, 2.05) is 30.3 Å². The summed E-state index contributed by atoms with van der Waals surface area (Å²) in [6, 6.07) is 9.27. The van der Waals surface area contributed by atoms with Crippen LogP contribution in [0.5, 0.6) is 0 Å². The average Bonchev–Trinajstić information content (AvgIpc) is 3.17. The Morgan fingerprint density at radius 3 is 2.78 bits per heavy atom. The third-order valence-corrected chi connectivity index (χ3v) is 5.92. The number of aromatic nitrogens is 3.